The van der Waals surface area contributed by atoms with Crippen molar-refractivity contribution in [2.24, 2.45) is 0 Å². The van der Waals surface area contributed by atoms with Gasteiger partial charge in [-0.1, -0.05) is 18.2 Å². The van der Waals surface area contributed by atoms with Crippen LogP contribution in [0.5, 0.6) is 0 Å². The van der Waals surface area contributed by atoms with E-state index in [-0.39, 0.29) is 17.9 Å². The Morgan fingerprint density at radius 2 is 1.93 bits per heavy atom. The highest BCUT2D eigenvalue weighted by Gasteiger charge is 2.24. The Labute approximate surface area is 169 Å². The summed E-state index contributed by atoms with van der Waals surface area (Å²) < 4.78 is 1.69. The van der Waals surface area contributed by atoms with Crippen molar-refractivity contribution in [2.75, 3.05) is 18.5 Å². The maximum absolute atomic E-state index is 13.1. The van der Waals surface area contributed by atoms with Gasteiger partial charge in [-0.25, -0.2) is 9.67 Å². The molecule has 7 nitrogen and oxygen atoms in total. The minimum Gasteiger partial charge on any atom is -0.335 e. The van der Waals surface area contributed by atoms with Crippen LogP contribution in [0.4, 0.5) is 5.69 Å². The zero-order chi connectivity index (χ0) is 20.4. The number of nitrogens with zero attached hydrogens (tertiary/aromatic N) is 5. The van der Waals surface area contributed by atoms with E-state index in [0.29, 0.717) is 18.5 Å². The predicted molar refractivity (Wildman–Crippen MR) is 110 cm³/mol. The molecule has 29 heavy (non-hydrogen) atoms. The average Bonchev–Trinajstić information content (AvgIpc) is 3.44. The highest BCUT2D eigenvalue weighted by atomic mass is 16.2. The molecule has 1 aromatic heterocycles. The first kappa shape index (κ1) is 18.9. The summed E-state index contributed by atoms with van der Waals surface area (Å²) in [6.45, 7) is 2.71. The zero-order valence-corrected chi connectivity index (χ0v) is 16.5. The maximum Gasteiger partial charge on any atom is 0.254 e. The monoisotopic (exact) mass is 389 g/mol. The molecule has 0 saturated carbocycles. The lowest BCUT2D eigenvalue weighted by Crippen LogP contribution is -2.30. The Bertz CT molecular complexity index is 1010. The number of carbonyl (C=O) groups is 2. The summed E-state index contributed by atoms with van der Waals surface area (Å²) in [7, 11) is 1.80. The van der Waals surface area contributed by atoms with E-state index in [2.05, 4.69) is 10.1 Å². The van der Waals surface area contributed by atoms with Crippen LogP contribution in [-0.4, -0.2) is 45.1 Å². The summed E-state index contributed by atoms with van der Waals surface area (Å²) in [6, 6.07) is 15.1. The molecule has 0 aliphatic carbocycles. The second-order valence-corrected chi connectivity index (χ2v) is 7.22. The van der Waals surface area contributed by atoms with Crippen molar-refractivity contribution in [1.82, 2.24) is 19.7 Å². The topological polar surface area (TPSA) is 71.3 Å². The number of benzene rings is 2. The van der Waals surface area contributed by atoms with Crippen molar-refractivity contribution in [2.45, 2.75) is 25.8 Å². The lowest BCUT2D eigenvalue weighted by atomic mass is 10.1. The fourth-order valence-corrected chi connectivity index (χ4v) is 3.58. The van der Waals surface area contributed by atoms with Gasteiger partial charge in [0, 0.05) is 31.3 Å². The fraction of sp³-hybridized carbons (Fsp3) is 0.273. The molecule has 1 fully saturated rings. The minimum atomic E-state index is -0.107. The molecular formula is C22H23N5O2. The number of rotatable bonds is 5. The SMILES string of the molecule is C[C@@H](c1ccc(-n2cncn2)cc1)N(C)C(=O)c1cccc(N2CCCC2=O)c1. The lowest BCUT2D eigenvalue weighted by Gasteiger charge is -2.26. The third-order valence-corrected chi connectivity index (χ3v) is 5.44. The predicted octanol–water partition coefficient (Wildman–Crippen LogP) is 3.23. The van der Waals surface area contributed by atoms with Gasteiger partial charge in [0.25, 0.3) is 5.91 Å². The zero-order valence-electron chi connectivity index (χ0n) is 16.5. The second kappa shape index (κ2) is 7.87. The van der Waals surface area contributed by atoms with Crippen molar-refractivity contribution in [3.63, 3.8) is 0 Å². The van der Waals surface area contributed by atoms with Crippen molar-refractivity contribution < 1.29 is 9.59 Å². The molecule has 0 unspecified atom stereocenters. The molecule has 0 bridgehead atoms. The number of carbonyl (C=O) groups excluding carboxylic acids is 2. The molecule has 1 saturated heterocycles. The van der Waals surface area contributed by atoms with Crippen LogP contribution < -0.4 is 4.90 Å². The van der Waals surface area contributed by atoms with E-state index in [1.807, 2.05) is 49.4 Å². The Kier molecular flexibility index (Phi) is 5.12. The van der Waals surface area contributed by atoms with Gasteiger partial charge in [-0.15, -0.1) is 0 Å². The van der Waals surface area contributed by atoms with Gasteiger partial charge in [0.05, 0.1) is 11.7 Å². The Hall–Kier alpha value is -3.48. The molecule has 2 aromatic carbocycles. The van der Waals surface area contributed by atoms with Crippen LogP contribution in [0.2, 0.25) is 0 Å². The van der Waals surface area contributed by atoms with Gasteiger partial charge >= 0.3 is 0 Å². The summed E-state index contributed by atoms with van der Waals surface area (Å²) in [5.74, 6) is 0.0372. The van der Waals surface area contributed by atoms with Crippen LogP contribution in [0.15, 0.2) is 61.2 Å². The van der Waals surface area contributed by atoms with Crippen LogP contribution >= 0.6 is 0 Å². The molecular weight excluding hydrogens is 366 g/mol. The molecule has 0 radical (unpaired) electrons. The Balaban J connectivity index is 1.51. The molecule has 2 amide bonds. The first-order valence-corrected chi connectivity index (χ1v) is 9.67. The quantitative estimate of drug-likeness (QED) is 0.672. The molecule has 0 N–H and O–H groups in total. The smallest absolute Gasteiger partial charge is 0.254 e. The Morgan fingerprint density at radius 3 is 2.59 bits per heavy atom. The maximum atomic E-state index is 13.1. The molecule has 3 aromatic rings. The van der Waals surface area contributed by atoms with Gasteiger partial charge in [0.2, 0.25) is 5.91 Å². The van der Waals surface area contributed by atoms with Gasteiger partial charge in [0.1, 0.15) is 12.7 Å². The number of anilines is 1. The molecule has 1 aliphatic heterocycles. The molecule has 4 rings (SSSR count). The van der Waals surface area contributed by atoms with Crippen LogP contribution in [0, 0.1) is 0 Å². The van der Waals surface area contributed by atoms with Crippen LogP contribution in [0.1, 0.15) is 41.7 Å². The number of hydrogen-bond acceptors (Lipinski definition) is 4. The summed E-state index contributed by atoms with van der Waals surface area (Å²) in [5.41, 5.74) is 3.30. The Morgan fingerprint density at radius 1 is 1.14 bits per heavy atom. The van der Waals surface area contributed by atoms with E-state index in [9.17, 15) is 9.59 Å². The van der Waals surface area contributed by atoms with E-state index in [0.717, 1.165) is 23.4 Å². The number of hydrogen-bond donors (Lipinski definition) is 0. The first-order chi connectivity index (χ1) is 14.0. The van der Waals surface area contributed by atoms with Gasteiger partial charge in [-0.2, -0.15) is 5.10 Å². The summed E-state index contributed by atoms with van der Waals surface area (Å²) >= 11 is 0. The second-order valence-electron chi connectivity index (χ2n) is 7.22. The van der Waals surface area contributed by atoms with E-state index in [1.165, 1.54) is 6.33 Å². The average molecular weight is 389 g/mol. The van der Waals surface area contributed by atoms with Crippen LogP contribution in [0.3, 0.4) is 0 Å². The van der Waals surface area contributed by atoms with Crippen LogP contribution in [-0.2, 0) is 4.79 Å². The van der Waals surface area contributed by atoms with Crippen molar-refractivity contribution in [1.29, 1.82) is 0 Å². The van der Waals surface area contributed by atoms with E-state index in [1.54, 1.807) is 33.9 Å². The summed E-state index contributed by atoms with van der Waals surface area (Å²) in [5, 5.41) is 4.12. The van der Waals surface area contributed by atoms with Gasteiger partial charge in [-0.3, -0.25) is 9.59 Å². The molecule has 1 aliphatic rings. The standard InChI is InChI=1S/C22H23N5O2/c1-16(17-8-10-19(11-9-17)27-15-23-14-24-27)25(2)22(29)18-5-3-6-20(13-18)26-12-4-7-21(26)28/h3,5-6,8-11,13-16H,4,7,12H2,1-2H3/t16-/m0/s1. The molecule has 0 spiro atoms. The normalized spacial score (nSPS) is 14.8. The summed E-state index contributed by atoms with van der Waals surface area (Å²) in [6.07, 6.45) is 4.57. The third-order valence-electron chi connectivity index (χ3n) is 5.44. The molecule has 2 heterocycles. The van der Waals surface area contributed by atoms with Gasteiger partial charge < -0.3 is 9.80 Å². The lowest BCUT2D eigenvalue weighted by molar-refractivity contribution is -0.117. The van der Waals surface area contributed by atoms with Crippen LogP contribution in [0.25, 0.3) is 5.69 Å². The number of amides is 2. The van der Waals surface area contributed by atoms with E-state index in [4.69, 9.17) is 0 Å². The molecule has 7 heteroatoms. The highest BCUT2D eigenvalue weighted by Crippen LogP contribution is 2.25. The molecule has 1 atom stereocenters. The fourth-order valence-electron chi connectivity index (χ4n) is 3.58. The minimum absolute atomic E-state index is 0.0775. The largest absolute Gasteiger partial charge is 0.335 e. The third kappa shape index (κ3) is 3.76. The number of aromatic nitrogens is 3. The van der Waals surface area contributed by atoms with E-state index >= 15 is 0 Å². The highest BCUT2D eigenvalue weighted by molar-refractivity contribution is 5.99. The van der Waals surface area contributed by atoms with Crippen molar-refractivity contribution >= 4 is 17.5 Å². The van der Waals surface area contributed by atoms with E-state index < -0.39 is 0 Å². The van der Waals surface area contributed by atoms with Crippen molar-refractivity contribution in [3.05, 3.63) is 72.3 Å². The summed E-state index contributed by atoms with van der Waals surface area (Å²) in [4.78, 5) is 32.5. The van der Waals surface area contributed by atoms with Gasteiger partial charge in [-0.05, 0) is 49.2 Å². The first-order valence-electron chi connectivity index (χ1n) is 9.67. The van der Waals surface area contributed by atoms with Gasteiger partial charge in [0.15, 0.2) is 0 Å². The van der Waals surface area contributed by atoms with Crippen molar-refractivity contribution in [3.8, 4) is 5.69 Å². The molecule has 148 valence electrons.